The molecule has 3 N–H and O–H groups in total. The molecule has 146 valence electrons. The molecule has 0 spiro atoms. The number of nitrogens with zero attached hydrogens (tertiary/aromatic N) is 2. The van der Waals surface area contributed by atoms with Crippen LogP contribution in [0.2, 0.25) is 0 Å². The van der Waals surface area contributed by atoms with Gasteiger partial charge in [0.25, 0.3) is 0 Å². The maximum atomic E-state index is 6.12. The van der Waals surface area contributed by atoms with Crippen molar-refractivity contribution in [1.29, 1.82) is 0 Å². The van der Waals surface area contributed by atoms with E-state index in [0.29, 0.717) is 31.8 Å². The fourth-order valence-corrected chi connectivity index (χ4v) is 3.14. The molecule has 1 unspecified atom stereocenters. The summed E-state index contributed by atoms with van der Waals surface area (Å²) in [7, 11) is 0. The fraction of sp³-hybridized carbons (Fsp3) is 0.650. The SMILES string of the molecule is CCOc1ccc(OCC)c(NC(N)=NCC(C)N2CCC(C)CC2)c1. The van der Waals surface area contributed by atoms with Crippen LogP contribution >= 0.6 is 0 Å². The number of guanidine groups is 1. The van der Waals surface area contributed by atoms with Gasteiger partial charge in [0.05, 0.1) is 25.4 Å². The molecule has 0 aliphatic carbocycles. The monoisotopic (exact) mass is 362 g/mol. The highest BCUT2D eigenvalue weighted by Gasteiger charge is 2.20. The molecule has 1 aliphatic rings. The first-order valence-electron chi connectivity index (χ1n) is 9.74. The van der Waals surface area contributed by atoms with Gasteiger partial charge < -0.3 is 20.5 Å². The number of hydrogen-bond acceptors (Lipinski definition) is 4. The first kappa shape index (κ1) is 20.4. The van der Waals surface area contributed by atoms with E-state index in [1.807, 2.05) is 32.0 Å². The number of likely N-dealkylation sites (tertiary alicyclic amines) is 1. The number of hydrogen-bond donors (Lipinski definition) is 2. The van der Waals surface area contributed by atoms with Crippen LogP contribution in [-0.2, 0) is 0 Å². The van der Waals surface area contributed by atoms with Gasteiger partial charge in [-0.15, -0.1) is 0 Å². The third-order valence-corrected chi connectivity index (χ3v) is 4.79. The highest BCUT2D eigenvalue weighted by molar-refractivity contribution is 5.94. The van der Waals surface area contributed by atoms with Crippen LogP contribution in [-0.4, -0.2) is 49.7 Å². The predicted molar refractivity (Wildman–Crippen MR) is 108 cm³/mol. The Morgan fingerprint density at radius 1 is 1.27 bits per heavy atom. The summed E-state index contributed by atoms with van der Waals surface area (Å²) in [4.78, 5) is 7.03. The van der Waals surface area contributed by atoms with Gasteiger partial charge in [0.1, 0.15) is 11.5 Å². The minimum Gasteiger partial charge on any atom is -0.494 e. The number of rotatable bonds is 8. The molecule has 1 atom stereocenters. The van der Waals surface area contributed by atoms with E-state index in [0.717, 1.165) is 36.2 Å². The number of nitrogens with two attached hydrogens (primary N) is 1. The average molecular weight is 363 g/mol. The molecule has 1 heterocycles. The van der Waals surface area contributed by atoms with Crippen molar-refractivity contribution in [2.45, 2.75) is 46.6 Å². The zero-order valence-corrected chi connectivity index (χ0v) is 16.6. The lowest BCUT2D eigenvalue weighted by Gasteiger charge is -2.34. The summed E-state index contributed by atoms with van der Waals surface area (Å²) >= 11 is 0. The van der Waals surface area contributed by atoms with Crippen molar-refractivity contribution < 1.29 is 9.47 Å². The fourth-order valence-electron chi connectivity index (χ4n) is 3.14. The third-order valence-electron chi connectivity index (χ3n) is 4.79. The molecule has 6 nitrogen and oxygen atoms in total. The van der Waals surface area contributed by atoms with Gasteiger partial charge in [0.15, 0.2) is 5.96 Å². The summed E-state index contributed by atoms with van der Waals surface area (Å²) in [6.07, 6.45) is 2.54. The lowest BCUT2D eigenvalue weighted by molar-refractivity contribution is 0.150. The van der Waals surface area contributed by atoms with Gasteiger partial charge >= 0.3 is 0 Å². The number of benzene rings is 1. The number of aliphatic imine (C=N–C) groups is 1. The molecule has 0 aromatic heterocycles. The molecule has 26 heavy (non-hydrogen) atoms. The van der Waals surface area contributed by atoms with Crippen molar-refractivity contribution in [3.63, 3.8) is 0 Å². The van der Waals surface area contributed by atoms with E-state index in [9.17, 15) is 0 Å². The minimum absolute atomic E-state index is 0.393. The van der Waals surface area contributed by atoms with Crippen LogP contribution in [0.15, 0.2) is 23.2 Å². The lowest BCUT2D eigenvalue weighted by Crippen LogP contribution is -2.41. The van der Waals surface area contributed by atoms with Crippen LogP contribution in [0.3, 0.4) is 0 Å². The van der Waals surface area contributed by atoms with E-state index in [2.05, 4.69) is 29.1 Å². The van der Waals surface area contributed by atoms with Crippen molar-refractivity contribution in [1.82, 2.24) is 4.90 Å². The summed E-state index contributed by atoms with van der Waals surface area (Å²) < 4.78 is 11.2. The van der Waals surface area contributed by atoms with E-state index in [-0.39, 0.29) is 0 Å². The van der Waals surface area contributed by atoms with Crippen molar-refractivity contribution in [2.75, 3.05) is 38.2 Å². The highest BCUT2D eigenvalue weighted by atomic mass is 16.5. The Balaban J connectivity index is 1.97. The topological polar surface area (TPSA) is 72.1 Å². The maximum Gasteiger partial charge on any atom is 0.193 e. The minimum atomic E-state index is 0.393. The number of nitrogens with one attached hydrogen (secondary N) is 1. The second-order valence-corrected chi connectivity index (χ2v) is 6.94. The Kier molecular flexibility index (Phi) is 8.04. The van der Waals surface area contributed by atoms with E-state index in [1.165, 1.54) is 12.8 Å². The molecular formula is C20H34N4O2. The van der Waals surface area contributed by atoms with Gasteiger partial charge in [-0.05, 0) is 64.8 Å². The molecule has 2 rings (SSSR count). The van der Waals surface area contributed by atoms with Crippen LogP contribution < -0.4 is 20.5 Å². The first-order valence-corrected chi connectivity index (χ1v) is 9.74. The smallest absolute Gasteiger partial charge is 0.193 e. The van der Waals surface area contributed by atoms with Gasteiger partial charge in [-0.25, -0.2) is 0 Å². The largest absolute Gasteiger partial charge is 0.494 e. The van der Waals surface area contributed by atoms with E-state index < -0.39 is 0 Å². The van der Waals surface area contributed by atoms with E-state index >= 15 is 0 Å². The molecule has 1 fully saturated rings. The molecule has 1 aliphatic heterocycles. The van der Waals surface area contributed by atoms with Gasteiger partial charge in [0.2, 0.25) is 0 Å². The second-order valence-electron chi connectivity index (χ2n) is 6.94. The second kappa shape index (κ2) is 10.3. The summed E-state index contributed by atoms with van der Waals surface area (Å²) in [5.41, 5.74) is 6.90. The van der Waals surface area contributed by atoms with Crippen LogP contribution in [0.25, 0.3) is 0 Å². The van der Waals surface area contributed by atoms with Crippen LogP contribution in [0.1, 0.15) is 40.5 Å². The summed E-state index contributed by atoms with van der Waals surface area (Å²) in [5, 5.41) is 3.16. The third kappa shape index (κ3) is 6.09. The normalized spacial score (nSPS) is 17.8. The molecule has 1 saturated heterocycles. The molecule has 0 saturated carbocycles. The molecule has 0 amide bonds. The summed E-state index contributed by atoms with van der Waals surface area (Å²) in [6, 6.07) is 6.07. The van der Waals surface area contributed by atoms with Gasteiger partial charge in [0, 0.05) is 12.1 Å². The van der Waals surface area contributed by atoms with Crippen LogP contribution in [0.5, 0.6) is 11.5 Å². The average Bonchev–Trinajstić information content (AvgIpc) is 2.63. The Morgan fingerprint density at radius 2 is 1.96 bits per heavy atom. The molecule has 0 radical (unpaired) electrons. The Labute approximate surface area is 157 Å². The standard InChI is InChI=1S/C20H34N4O2/c1-5-25-17-7-8-19(26-6-2)18(13-17)23-20(21)22-14-16(4)24-11-9-15(3)10-12-24/h7-8,13,15-16H,5-6,9-12,14H2,1-4H3,(H3,21,22,23). The molecular weight excluding hydrogens is 328 g/mol. The lowest BCUT2D eigenvalue weighted by atomic mass is 9.98. The Bertz CT molecular complexity index is 583. The number of ether oxygens (including phenoxy) is 2. The van der Waals surface area contributed by atoms with E-state index in [1.54, 1.807) is 0 Å². The molecule has 0 bridgehead atoms. The number of anilines is 1. The van der Waals surface area contributed by atoms with Crippen LogP contribution in [0, 0.1) is 5.92 Å². The first-order chi connectivity index (χ1) is 12.5. The van der Waals surface area contributed by atoms with Crippen molar-refractivity contribution in [2.24, 2.45) is 16.6 Å². The van der Waals surface area contributed by atoms with Crippen molar-refractivity contribution in [3.05, 3.63) is 18.2 Å². The van der Waals surface area contributed by atoms with E-state index in [4.69, 9.17) is 15.2 Å². The van der Waals surface area contributed by atoms with Crippen LogP contribution in [0.4, 0.5) is 5.69 Å². The highest BCUT2D eigenvalue weighted by Crippen LogP contribution is 2.29. The quantitative estimate of drug-likeness (QED) is 0.548. The van der Waals surface area contributed by atoms with Crippen molar-refractivity contribution in [3.8, 4) is 11.5 Å². The Morgan fingerprint density at radius 3 is 2.62 bits per heavy atom. The zero-order chi connectivity index (χ0) is 18.9. The zero-order valence-electron chi connectivity index (χ0n) is 16.6. The number of piperidine rings is 1. The van der Waals surface area contributed by atoms with Crippen molar-refractivity contribution >= 4 is 11.6 Å². The summed E-state index contributed by atoms with van der Waals surface area (Å²) in [6.45, 7) is 12.6. The summed E-state index contributed by atoms with van der Waals surface area (Å²) in [5.74, 6) is 2.76. The molecule has 1 aromatic carbocycles. The van der Waals surface area contributed by atoms with Gasteiger partial charge in [-0.1, -0.05) is 6.92 Å². The molecule has 6 heteroatoms. The maximum absolute atomic E-state index is 6.12. The Hall–Kier alpha value is -1.95. The van der Waals surface area contributed by atoms with Gasteiger partial charge in [-0.3, -0.25) is 9.89 Å². The van der Waals surface area contributed by atoms with Gasteiger partial charge in [-0.2, -0.15) is 0 Å². The predicted octanol–water partition coefficient (Wildman–Crippen LogP) is 3.33. The molecule has 1 aromatic rings.